The van der Waals surface area contributed by atoms with Crippen molar-refractivity contribution in [2.45, 2.75) is 0 Å². The van der Waals surface area contributed by atoms with Crippen molar-refractivity contribution in [1.29, 1.82) is 0 Å². The Morgan fingerprint density at radius 1 is 1.04 bits per heavy atom. The Labute approximate surface area is 148 Å². The number of nitrogens with two attached hydrogens (primary N) is 1. The van der Waals surface area contributed by atoms with Gasteiger partial charge in [-0.25, -0.2) is 9.53 Å². The van der Waals surface area contributed by atoms with Crippen molar-refractivity contribution in [2.75, 3.05) is 0 Å². The van der Waals surface area contributed by atoms with Gasteiger partial charge in [-0.3, -0.25) is 10.1 Å². The third-order valence-electron chi connectivity index (χ3n) is 3.40. The largest absolute Gasteiger partial charge is 0.298 e. The minimum Gasteiger partial charge on any atom is -0.298 e. The number of halogens is 2. The lowest BCUT2D eigenvalue weighted by molar-refractivity contribution is 0.0978. The Kier molecular flexibility index (Phi) is 4.61. The Morgan fingerprint density at radius 2 is 1.65 bits per heavy atom. The first-order chi connectivity index (χ1) is 12.2. The van der Waals surface area contributed by atoms with Gasteiger partial charge in [0.15, 0.2) is 5.04 Å². The van der Waals surface area contributed by atoms with E-state index in [-0.39, 0.29) is 11.1 Å². The first-order valence-corrected chi connectivity index (χ1v) is 10.7. The van der Waals surface area contributed by atoms with Crippen LogP contribution < -0.4 is 10.5 Å². The number of nitrogens with zero attached hydrogens (tertiary/aromatic N) is 2. The summed E-state index contributed by atoms with van der Waals surface area (Å²) in [6.07, 6.45) is 0. The van der Waals surface area contributed by atoms with Crippen molar-refractivity contribution < 1.29 is 21.5 Å². The first kappa shape index (κ1) is 18.2. The number of carbonyl (C=O) groups is 1. The SMILES string of the molecule is NS(=O)(=O)S1(F)C(NC(=O)c2ccccc2)=NN=C1c1ccc(F)cc1. The molecule has 3 rings (SSSR count). The summed E-state index contributed by atoms with van der Waals surface area (Å²) in [7, 11) is -9.31. The topological polar surface area (TPSA) is 114 Å². The highest BCUT2D eigenvalue weighted by molar-refractivity contribution is 8.99. The summed E-state index contributed by atoms with van der Waals surface area (Å²) in [5.41, 5.74) is 0.159. The van der Waals surface area contributed by atoms with Crippen LogP contribution in [-0.2, 0) is 9.06 Å². The third-order valence-corrected chi connectivity index (χ3v) is 8.40. The Bertz CT molecular complexity index is 1020. The number of amidine groups is 1. The van der Waals surface area contributed by atoms with E-state index in [1.807, 2.05) is 0 Å². The second-order valence-electron chi connectivity index (χ2n) is 5.12. The standard InChI is InChI=1S/C15H12F2N4O3S2/c16-12-8-6-11(7-9-12)14-20-21-15(25(14,17)26(18,23)24)19-13(22)10-4-2-1-3-5-10/h1-9H,(H2,18,23,24)(H,19,21,22). The zero-order valence-electron chi connectivity index (χ0n) is 13.0. The fraction of sp³-hybridized carbons (Fsp3) is 0. The van der Waals surface area contributed by atoms with Gasteiger partial charge in [0.25, 0.3) is 15.0 Å². The Morgan fingerprint density at radius 3 is 2.23 bits per heavy atom. The van der Waals surface area contributed by atoms with Crippen molar-refractivity contribution in [3.05, 3.63) is 71.5 Å². The highest BCUT2D eigenvalue weighted by atomic mass is 33.2. The summed E-state index contributed by atoms with van der Waals surface area (Å²) < 4.78 is 52.7. The van der Waals surface area contributed by atoms with E-state index in [2.05, 4.69) is 15.5 Å². The molecule has 3 N–H and O–H groups in total. The summed E-state index contributed by atoms with van der Waals surface area (Å²) in [5, 5.41) is 12.9. The van der Waals surface area contributed by atoms with Gasteiger partial charge in [-0.1, -0.05) is 18.2 Å². The van der Waals surface area contributed by atoms with E-state index in [9.17, 15) is 17.6 Å². The average molecular weight is 398 g/mol. The van der Waals surface area contributed by atoms with Gasteiger partial charge in [-0.15, -0.1) is 10.2 Å². The third kappa shape index (κ3) is 3.11. The van der Waals surface area contributed by atoms with Crippen molar-refractivity contribution >= 4 is 34.6 Å². The van der Waals surface area contributed by atoms with E-state index in [4.69, 9.17) is 5.14 Å². The molecule has 26 heavy (non-hydrogen) atoms. The highest BCUT2D eigenvalue weighted by Gasteiger charge is 2.51. The van der Waals surface area contributed by atoms with E-state index in [0.717, 1.165) is 24.3 Å². The molecule has 2 aromatic carbocycles. The van der Waals surface area contributed by atoms with Crippen LogP contribution >= 0.6 is 9.45 Å². The van der Waals surface area contributed by atoms with Crippen LogP contribution in [0, 0.1) is 5.82 Å². The second kappa shape index (κ2) is 6.59. The molecule has 11 heteroatoms. The molecule has 0 aromatic heterocycles. The van der Waals surface area contributed by atoms with E-state index in [0.29, 0.717) is 0 Å². The molecule has 0 aliphatic carbocycles. The molecule has 1 unspecified atom stereocenters. The molecule has 1 amide bonds. The molecule has 1 atom stereocenters. The maximum absolute atomic E-state index is 15.6. The van der Waals surface area contributed by atoms with Crippen molar-refractivity contribution in [3.8, 4) is 0 Å². The molecular formula is C15H12F2N4O3S2. The van der Waals surface area contributed by atoms with Gasteiger partial charge in [0.1, 0.15) is 15.3 Å². The van der Waals surface area contributed by atoms with Crippen LogP contribution in [0.5, 0.6) is 0 Å². The number of rotatable bonds is 3. The van der Waals surface area contributed by atoms with Gasteiger partial charge in [0.2, 0.25) is 5.17 Å². The quantitative estimate of drug-likeness (QED) is 0.772. The molecule has 1 heterocycles. The average Bonchev–Trinajstić information content (AvgIpc) is 2.94. The number of carbonyl (C=O) groups excluding carboxylic acids is 1. The van der Waals surface area contributed by atoms with Crippen LogP contribution in [0.1, 0.15) is 15.9 Å². The smallest absolute Gasteiger partial charge is 0.282 e. The molecule has 0 bridgehead atoms. The number of nitrogens with one attached hydrogen (secondary N) is 1. The molecule has 2 aromatic rings. The van der Waals surface area contributed by atoms with Crippen molar-refractivity contribution in [2.24, 2.45) is 15.3 Å². The molecule has 1 aliphatic rings. The predicted octanol–water partition coefficient (Wildman–Crippen LogP) is 2.18. The molecule has 7 nitrogen and oxygen atoms in total. The normalized spacial score (nSPS) is 22.1. The number of hydrogen-bond acceptors (Lipinski definition) is 5. The van der Waals surface area contributed by atoms with Crippen LogP contribution in [0.25, 0.3) is 0 Å². The molecule has 0 saturated heterocycles. The minimum absolute atomic E-state index is 0.00867. The van der Waals surface area contributed by atoms with Crippen molar-refractivity contribution in [1.82, 2.24) is 5.32 Å². The Balaban J connectivity index is 1.98. The van der Waals surface area contributed by atoms with E-state index in [1.165, 1.54) is 12.1 Å². The summed E-state index contributed by atoms with van der Waals surface area (Å²) in [5.74, 6) is -1.36. The highest BCUT2D eigenvalue weighted by Crippen LogP contribution is 2.60. The van der Waals surface area contributed by atoms with Crippen LogP contribution in [0.2, 0.25) is 0 Å². The van der Waals surface area contributed by atoms with E-state index >= 15 is 3.89 Å². The maximum Gasteiger partial charge on any atom is 0.282 e. The first-order valence-electron chi connectivity index (χ1n) is 7.07. The molecule has 0 saturated carbocycles. The second-order valence-corrected chi connectivity index (χ2v) is 10.6. The molecule has 0 spiro atoms. The summed E-state index contributed by atoms with van der Waals surface area (Å²) in [4.78, 5) is 12.2. The zero-order chi connectivity index (χ0) is 18.9. The van der Waals surface area contributed by atoms with Gasteiger partial charge in [-0.2, -0.15) is 12.3 Å². The summed E-state index contributed by atoms with van der Waals surface area (Å²) >= 11 is 0. The molecule has 136 valence electrons. The van der Waals surface area contributed by atoms with Gasteiger partial charge < -0.3 is 0 Å². The van der Waals surface area contributed by atoms with Crippen LogP contribution in [0.15, 0.2) is 64.8 Å². The van der Waals surface area contributed by atoms with Crippen LogP contribution in [-0.4, -0.2) is 24.5 Å². The number of amides is 1. The lowest BCUT2D eigenvalue weighted by atomic mass is 10.2. The fourth-order valence-electron chi connectivity index (χ4n) is 2.16. The molecule has 1 aliphatic heterocycles. The van der Waals surface area contributed by atoms with Gasteiger partial charge in [0, 0.05) is 11.1 Å². The van der Waals surface area contributed by atoms with Gasteiger partial charge in [0.05, 0.1) is 0 Å². The zero-order valence-corrected chi connectivity index (χ0v) is 14.6. The molecular weight excluding hydrogens is 386 g/mol. The number of hydrogen-bond donors (Lipinski definition) is 2. The molecule has 0 fully saturated rings. The molecule has 0 radical (unpaired) electrons. The van der Waals surface area contributed by atoms with Crippen molar-refractivity contribution in [3.63, 3.8) is 0 Å². The van der Waals surface area contributed by atoms with E-state index in [1.54, 1.807) is 18.2 Å². The monoisotopic (exact) mass is 398 g/mol. The van der Waals surface area contributed by atoms with Gasteiger partial charge in [-0.05, 0) is 36.4 Å². The van der Waals surface area contributed by atoms with Gasteiger partial charge >= 0.3 is 0 Å². The fourth-order valence-corrected chi connectivity index (χ4v) is 5.67. The lowest BCUT2D eigenvalue weighted by Gasteiger charge is -2.25. The van der Waals surface area contributed by atoms with Crippen LogP contribution in [0.4, 0.5) is 8.28 Å². The minimum atomic E-state index is -4.84. The lowest BCUT2D eigenvalue weighted by Crippen LogP contribution is -2.38. The van der Waals surface area contributed by atoms with E-state index < -0.39 is 40.4 Å². The summed E-state index contributed by atoms with van der Waals surface area (Å²) in [6.45, 7) is 0. The number of benzene rings is 2. The Hall–Kier alpha value is -2.63. The van der Waals surface area contributed by atoms with Crippen LogP contribution in [0.3, 0.4) is 0 Å². The maximum atomic E-state index is 15.6. The summed E-state index contributed by atoms with van der Waals surface area (Å²) in [6, 6.07) is 12.1. The predicted molar refractivity (Wildman–Crippen MR) is 96.1 cm³/mol.